The summed E-state index contributed by atoms with van der Waals surface area (Å²) in [6.45, 7) is 5.44. The van der Waals surface area contributed by atoms with Crippen LogP contribution >= 0.6 is 0 Å². The summed E-state index contributed by atoms with van der Waals surface area (Å²) in [5, 5.41) is 2.81. The van der Waals surface area contributed by atoms with Crippen molar-refractivity contribution in [2.45, 2.75) is 39.5 Å². The summed E-state index contributed by atoms with van der Waals surface area (Å²) in [6.07, 6.45) is 9.63. The van der Waals surface area contributed by atoms with Crippen LogP contribution in [0.2, 0.25) is 0 Å². The van der Waals surface area contributed by atoms with Gasteiger partial charge >= 0.3 is 5.97 Å². The molecule has 0 rings (SSSR count). The molecule has 0 aromatic carbocycles. The van der Waals surface area contributed by atoms with E-state index in [-0.39, 0.29) is 12.5 Å². The fourth-order valence-electron chi connectivity index (χ4n) is 1.40. The number of rotatable bonds is 9. The van der Waals surface area contributed by atoms with Crippen molar-refractivity contribution in [3.8, 4) is 12.3 Å². The summed E-state index contributed by atoms with van der Waals surface area (Å²) in [5.74, 6) is 2.69. The van der Waals surface area contributed by atoms with E-state index in [2.05, 4.69) is 25.1 Å². The van der Waals surface area contributed by atoms with Crippen LogP contribution in [-0.4, -0.2) is 25.7 Å². The Hall–Kier alpha value is -1.01. The van der Waals surface area contributed by atoms with Crippen molar-refractivity contribution < 1.29 is 9.53 Å². The first-order valence-electron chi connectivity index (χ1n) is 6.04. The van der Waals surface area contributed by atoms with Gasteiger partial charge in [-0.2, -0.15) is 0 Å². The van der Waals surface area contributed by atoms with Crippen LogP contribution in [0.3, 0.4) is 0 Å². The van der Waals surface area contributed by atoms with Crippen molar-refractivity contribution in [3.63, 3.8) is 0 Å². The summed E-state index contributed by atoms with van der Waals surface area (Å²) in [7, 11) is 0. The molecule has 0 aliphatic carbocycles. The molecule has 0 spiro atoms. The highest BCUT2D eigenvalue weighted by Gasteiger charge is 2.09. The van der Waals surface area contributed by atoms with Crippen LogP contribution in [0.15, 0.2) is 0 Å². The second-order valence-electron chi connectivity index (χ2n) is 3.91. The molecule has 0 bridgehead atoms. The van der Waals surface area contributed by atoms with E-state index in [4.69, 9.17) is 11.2 Å². The number of ether oxygens (including phenoxy) is 1. The zero-order valence-corrected chi connectivity index (χ0v) is 10.4. The first-order valence-corrected chi connectivity index (χ1v) is 6.04. The maximum atomic E-state index is 11.3. The highest BCUT2D eigenvalue weighted by atomic mass is 16.5. The van der Waals surface area contributed by atoms with Crippen molar-refractivity contribution in [1.29, 1.82) is 0 Å². The molecule has 0 aliphatic rings. The highest BCUT2D eigenvalue weighted by Crippen LogP contribution is 2.12. The summed E-state index contributed by atoms with van der Waals surface area (Å²) < 4.78 is 5.17. The van der Waals surface area contributed by atoms with Gasteiger partial charge in [0, 0.05) is 0 Å². The molecule has 1 unspecified atom stereocenters. The quantitative estimate of drug-likeness (QED) is 0.370. The Morgan fingerprint density at radius 3 is 2.81 bits per heavy atom. The number of hydrogen-bond acceptors (Lipinski definition) is 3. The maximum Gasteiger partial charge on any atom is 0.319 e. The Morgan fingerprint density at radius 2 is 2.25 bits per heavy atom. The van der Waals surface area contributed by atoms with Gasteiger partial charge in [0.2, 0.25) is 0 Å². The van der Waals surface area contributed by atoms with E-state index < -0.39 is 0 Å². The van der Waals surface area contributed by atoms with Gasteiger partial charge in [-0.15, -0.1) is 6.42 Å². The van der Waals surface area contributed by atoms with Gasteiger partial charge in [0.05, 0.1) is 19.7 Å². The van der Waals surface area contributed by atoms with E-state index in [1.54, 1.807) is 0 Å². The molecule has 0 radical (unpaired) electrons. The molecule has 0 aliphatic heterocycles. The largest absolute Gasteiger partial charge is 0.464 e. The van der Waals surface area contributed by atoms with Gasteiger partial charge < -0.3 is 4.74 Å². The molecule has 92 valence electrons. The van der Waals surface area contributed by atoms with Crippen molar-refractivity contribution in [2.24, 2.45) is 5.92 Å². The first kappa shape index (κ1) is 15.0. The van der Waals surface area contributed by atoms with Crippen LogP contribution in [0, 0.1) is 18.3 Å². The second-order valence-corrected chi connectivity index (χ2v) is 3.91. The molecule has 0 aromatic rings. The zero-order chi connectivity index (χ0) is 12.2. The molecule has 3 nitrogen and oxygen atoms in total. The van der Waals surface area contributed by atoms with Crippen LogP contribution in [0.1, 0.15) is 39.5 Å². The molecular weight excluding hydrogens is 202 g/mol. The molecule has 0 fully saturated rings. The fraction of sp³-hybridized carbons (Fsp3) is 0.769. The first-order chi connectivity index (χ1) is 7.74. The van der Waals surface area contributed by atoms with Crippen LogP contribution in [0.4, 0.5) is 0 Å². The Kier molecular flexibility index (Phi) is 9.84. The topological polar surface area (TPSA) is 38.3 Å². The summed E-state index contributed by atoms with van der Waals surface area (Å²) >= 11 is 0. The number of unbranched alkanes of at least 4 members (excludes halogenated alkanes) is 1. The number of terminal acetylenes is 1. The van der Waals surface area contributed by atoms with Crippen LogP contribution in [0.25, 0.3) is 0 Å². The Morgan fingerprint density at radius 1 is 1.50 bits per heavy atom. The van der Waals surface area contributed by atoms with Crippen molar-refractivity contribution in [3.05, 3.63) is 0 Å². The third kappa shape index (κ3) is 8.31. The van der Waals surface area contributed by atoms with Crippen molar-refractivity contribution in [1.82, 2.24) is 5.32 Å². The summed E-state index contributed by atoms with van der Waals surface area (Å²) in [4.78, 5) is 11.3. The van der Waals surface area contributed by atoms with Crippen LogP contribution in [-0.2, 0) is 9.53 Å². The predicted molar refractivity (Wildman–Crippen MR) is 66.0 cm³/mol. The lowest BCUT2D eigenvalue weighted by Gasteiger charge is -2.14. The lowest BCUT2D eigenvalue weighted by atomic mass is 10.0. The average molecular weight is 225 g/mol. The van der Waals surface area contributed by atoms with Crippen LogP contribution < -0.4 is 5.32 Å². The van der Waals surface area contributed by atoms with Gasteiger partial charge in [0.25, 0.3) is 0 Å². The monoisotopic (exact) mass is 225 g/mol. The smallest absolute Gasteiger partial charge is 0.319 e. The average Bonchev–Trinajstić information content (AvgIpc) is 2.30. The van der Waals surface area contributed by atoms with Crippen molar-refractivity contribution >= 4 is 5.97 Å². The minimum Gasteiger partial charge on any atom is -0.464 e. The number of esters is 1. The molecule has 0 saturated carbocycles. The Balaban J connectivity index is 3.59. The summed E-state index contributed by atoms with van der Waals surface area (Å²) in [5.41, 5.74) is 0. The van der Waals surface area contributed by atoms with Gasteiger partial charge in [0.15, 0.2) is 0 Å². The standard InChI is InChI=1S/C13H23NO2/c1-4-7-8-12(6-3)11-16-13(15)10-14-9-5-2/h2,12,14H,4,6-11H2,1,3H3. The molecule has 3 heteroatoms. The van der Waals surface area contributed by atoms with E-state index in [1.165, 1.54) is 12.8 Å². The number of carbonyl (C=O) groups excluding carboxylic acids is 1. The van der Waals surface area contributed by atoms with Gasteiger partial charge in [-0.1, -0.05) is 39.0 Å². The van der Waals surface area contributed by atoms with Crippen molar-refractivity contribution in [2.75, 3.05) is 19.7 Å². The third-order valence-corrected chi connectivity index (χ3v) is 2.52. The molecule has 0 amide bonds. The molecule has 16 heavy (non-hydrogen) atoms. The third-order valence-electron chi connectivity index (χ3n) is 2.52. The van der Waals surface area contributed by atoms with Gasteiger partial charge in [-0.05, 0) is 12.3 Å². The number of carbonyl (C=O) groups is 1. The van der Waals surface area contributed by atoms with Gasteiger partial charge in [-0.25, -0.2) is 0 Å². The van der Waals surface area contributed by atoms with E-state index >= 15 is 0 Å². The SMILES string of the molecule is C#CCNCC(=O)OCC(CC)CCCC. The molecule has 1 N–H and O–H groups in total. The predicted octanol–water partition coefficient (Wildman–Crippen LogP) is 1.97. The zero-order valence-electron chi connectivity index (χ0n) is 10.4. The normalized spacial score (nSPS) is 11.8. The molecule has 0 heterocycles. The minimum atomic E-state index is -0.217. The number of nitrogens with one attached hydrogen (secondary N) is 1. The van der Waals surface area contributed by atoms with E-state index in [0.717, 1.165) is 12.8 Å². The molecule has 0 aromatic heterocycles. The second kappa shape index (κ2) is 10.5. The maximum absolute atomic E-state index is 11.3. The Labute approximate surface area is 98.9 Å². The lowest BCUT2D eigenvalue weighted by molar-refractivity contribution is -0.144. The van der Waals surface area contributed by atoms with E-state index in [9.17, 15) is 4.79 Å². The minimum absolute atomic E-state index is 0.203. The Bertz CT molecular complexity index is 220. The molecule has 0 saturated heterocycles. The summed E-state index contributed by atoms with van der Waals surface area (Å²) in [6, 6.07) is 0. The van der Waals surface area contributed by atoms with Crippen LogP contribution in [0.5, 0.6) is 0 Å². The number of hydrogen-bond donors (Lipinski definition) is 1. The van der Waals surface area contributed by atoms with E-state index in [0.29, 0.717) is 19.1 Å². The fourth-order valence-corrected chi connectivity index (χ4v) is 1.40. The van der Waals surface area contributed by atoms with Gasteiger partial charge in [0.1, 0.15) is 0 Å². The van der Waals surface area contributed by atoms with E-state index in [1.807, 2.05) is 0 Å². The highest BCUT2D eigenvalue weighted by molar-refractivity contribution is 5.71. The molecule has 1 atom stereocenters. The lowest BCUT2D eigenvalue weighted by Crippen LogP contribution is -2.26. The molecular formula is C13H23NO2. The van der Waals surface area contributed by atoms with Gasteiger partial charge in [-0.3, -0.25) is 10.1 Å².